The maximum atomic E-state index is 11.0. The molecule has 0 aliphatic carbocycles. The number of hydrogen-bond acceptors (Lipinski definition) is 6. The predicted molar refractivity (Wildman–Crippen MR) is 69.2 cm³/mol. The van der Waals surface area contributed by atoms with Crippen LogP contribution in [0.2, 0.25) is 0 Å². The molecule has 0 aromatic carbocycles. The first-order chi connectivity index (χ1) is 9.22. The molecule has 1 aliphatic heterocycles. The second-order valence-corrected chi connectivity index (χ2v) is 4.38. The number of aliphatic hydroxyl groups excluding tert-OH is 1. The molecule has 1 N–H and O–H groups in total. The monoisotopic (exact) mass is 267 g/mol. The smallest absolute Gasteiger partial charge is 0.311 e. The number of hydrogen-bond donors (Lipinski definition) is 1. The summed E-state index contributed by atoms with van der Waals surface area (Å²) in [7, 11) is 0. The van der Waals surface area contributed by atoms with Gasteiger partial charge < -0.3 is 14.7 Å². The molecule has 1 saturated heterocycles. The van der Waals surface area contributed by atoms with Gasteiger partial charge in [-0.3, -0.25) is 10.1 Å². The van der Waals surface area contributed by atoms with E-state index in [4.69, 9.17) is 9.84 Å². The number of aromatic nitrogens is 1. The topological polar surface area (TPSA) is 88.7 Å². The van der Waals surface area contributed by atoms with E-state index in [-0.39, 0.29) is 18.4 Å². The molecule has 0 amide bonds. The van der Waals surface area contributed by atoms with Crippen LogP contribution in [0.5, 0.6) is 0 Å². The van der Waals surface area contributed by atoms with Crippen LogP contribution in [0, 0.1) is 10.1 Å². The van der Waals surface area contributed by atoms with Gasteiger partial charge in [-0.25, -0.2) is 4.98 Å². The Balaban J connectivity index is 2.00. The van der Waals surface area contributed by atoms with Crippen molar-refractivity contribution in [2.24, 2.45) is 0 Å². The molecule has 0 bridgehead atoms. The van der Waals surface area contributed by atoms with E-state index in [0.29, 0.717) is 25.5 Å². The molecule has 1 aromatic rings. The van der Waals surface area contributed by atoms with Crippen LogP contribution in [0.15, 0.2) is 18.3 Å². The van der Waals surface area contributed by atoms with E-state index >= 15 is 0 Å². The van der Waals surface area contributed by atoms with E-state index in [0.717, 1.165) is 12.8 Å². The highest BCUT2D eigenvalue weighted by Gasteiger charge is 2.25. The molecule has 1 aromatic heterocycles. The molecule has 0 saturated carbocycles. The van der Waals surface area contributed by atoms with Crippen molar-refractivity contribution < 1.29 is 14.8 Å². The van der Waals surface area contributed by atoms with Crippen molar-refractivity contribution in [2.75, 3.05) is 31.2 Å². The summed E-state index contributed by atoms with van der Waals surface area (Å²) in [6, 6.07) is 3.04. The van der Waals surface area contributed by atoms with Crippen molar-refractivity contribution in [1.29, 1.82) is 0 Å². The van der Waals surface area contributed by atoms with Crippen LogP contribution in [0.1, 0.15) is 12.8 Å². The van der Waals surface area contributed by atoms with E-state index in [1.807, 2.05) is 4.90 Å². The molecular formula is C12H17N3O4. The third-order valence-corrected chi connectivity index (χ3v) is 3.15. The van der Waals surface area contributed by atoms with Gasteiger partial charge in [-0.05, 0) is 18.9 Å². The van der Waals surface area contributed by atoms with E-state index < -0.39 is 4.92 Å². The highest BCUT2D eigenvalue weighted by molar-refractivity contribution is 5.57. The van der Waals surface area contributed by atoms with Gasteiger partial charge in [0.15, 0.2) is 0 Å². The molecule has 0 spiro atoms. The molecule has 2 rings (SSSR count). The summed E-state index contributed by atoms with van der Waals surface area (Å²) in [5.74, 6) is 0.424. The fraction of sp³-hybridized carbons (Fsp3) is 0.583. The number of anilines is 1. The highest BCUT2D eigenvalue weighted by atomic mass is 16.6. The third-order valence-electron chi connectivity index (χ3n) is 3.15. The van der Waals surface area contributed by atoms with Crippen LogP contribution < -0.4 is 4.90 Å². The number of rotatable bonds is 5. The number of nitro groups is 1. The summed E-state index contributed by atoms with van der Waals surface area (Å²) < 4.78 is 5.46. The summed E-state index contributed by atoms with van der Waals surface area (Å²) in [4.78, 5) is 16.6. The summed E-state index contributed by atoms with van der Waals surface area (Å²) in [6.07, 6.45) is 3.25. The zero-order valence-electron chi connectivity index (χ0n) is 10.6. The largest absolute Gasteiger partial charge is 0.394 e. The number of pyridine rings is 1. The highest BCUT2D eigenvalue weighted by Crippen LogP contribution is 2.27. The van der Waals surface area contributed by atoms with Crippen molar-refractivity contribution in [2.45, 2.75) is 18.9 Å². The van der Waals surface area contributed by atoms with Crippen molar-refractivity contribution in [3.63, 3.8) is 0 Å². The lowest BCUT2D eigenvalue weighted by Gasteiger charge is -2.32. The van der Waals surface area contributed by atoms with Crippen LogP contribution in [0.4, 0.5) is 11.5 Å². The minimum Gasteiger partial charge on any atom is -0.394 e. The molecular weight excluding hydrogens is 250 g/mol. The zero-order valence-corrected chi connectivity index (χ0v) is 10.6. The maximum Gasteiger partial charge on any atom is 0.311 e. The van der Waals surface area contributed by atoms with Crippen LogP contribution >= 0.6 is 0 Å². The Bertz CT molecular complexity index is 433. The molecule has 0 unspecified atom stereocenters. The molecule has 2 heterocycles. The minimum absolute atomic E-state index is 0.0198. The Morgan fingerprint density at radius 3 is 2.89 bits per heavy atom. The van der Waals surface area contributed by atoms with Gasteiger partial charge in [-0.2, -0.15) is 0 Å². The molecule has 7 nitrogen and oxygen atoms in total. The number of aliphatic hydroxyl groups is 1. The van der Waals surface area contributed by atoms with E-state index in [2.05, 4.69) is 4.98 Å². The first-order valence-corrected chi connectivity index (χ1v) is 6.29. The van der Waals surface area contributed by atoms with Gasteiger partial charge in [0.1, 0.15) is 0 Å². The molecule has 1 aliphatic rings. The molecule has 104 valence electrons. The van der Waals surface area contributed by atoms with Gasteiger partial charge in [0.05, 0.1) is 24.2 Å². The Morgan fingerprint density at radius 2 is 2.26 bits per heavy atom. The van der Waals surface area contributed by atoms with E-state index in [9.17, 15) is 10.1 Å². The Morgan fingerprint density at radius 1 is 1.53 bits per heavy atom. The first-order valence-electron chi connectivity index (χ1n) is 6.29. The summed E-state index contributed by atoms with van der Waals surface area (Å²) in [5, 5.41) is 19.7. The van der Waals surface area contributed by atoms with Crippen molar-refractivity contribution in [1.82, 2.24) is 4.98 Å². The molecule has 7 heteroatoms. The average molecular weight is 267 g/mol. The Labute approximate surface area is 111 Å². The second-order valence-electron chi connectivity index (χ2n) is 4.38. The lowest BCUT2D eigenvalue weighted by molar-refractivity contribution is -0.384. The lowest BCUT2D eigenvalue weighted by Crippen LogP contribution is -2.38. The van der Waals surface area contributed by atoms with Gasteiger partial charge in [0.2, 0.25) is 5.82 Å². The van der Waals surface area contributed by atoms with Crippen LogP contribution in [0.25, 0.3) is 0 Å². The Kier molecular flexibility index (Phi) is 4.64. The normalized spacial score (nSPS) is 16.6. The number of piperidine rings is 1. The van der Waals surface area contributed by atoms with Crippen molar-refractivity contribution in [3.05, 3.63) is 28.4 Å². The van der Waals surface area contributed by atoms with Crippen molar-refractivity contribution in [3.8, 4) is 0 Å². The Hall–Kier alpha value is -1.73. The lowest BCUT2D eigenvalue weighted by atomic mass is 10.1. The van der Waals surface area contributed by atoms with Gasteiger partial charge >= 0.3 is 5.69 Å². The zero-order chi connectivity index (χ0) is 13.7. The molecule has 0 radical (unpaired) electrons. The number of nitrogens with zero attached hydrogens (tertiary/aromatic N) is 3. The third kappa shape index (κ3) is 3.39. The van der Waals surface area contributed by atoms with Crippen LogP contribution in [-0.4, -0.2) is 47.4 Å². The van der Waals surface area contributed by atoms with Gasteiger partial charge in [0.25, 0.3) is 0 Å². The number of ether oxygens (including phenoxy) is 1. The molecule has 0 atom stereocenters. The first kappa shape index (κ1) is 13.7. The summed E-state index contributed by atoms with van der Waals surface area (Å²) >= 11 is 0. The van der Waals surface area contributed by atoms with Gasteiger partial charge in [-0.1, -0.05) is 0 Å². The molecule has 19 heavy (non-hydrogen) atoms. The fourth-order valence-corrected chi connectivity index (χ4v) is 2.23. The fourth-order valence-electron chi connectivity index (χ4n) is 2.23. The van der Waals surface area contributed by atoms with Crippen molar-refractivity contribution >= 4 is 11.5 Å². The summed E-state index contributed by atoms with van der Waals surface area (Å²) in [5.41, 5.74) is 0.0391. The van der Waals surface area contributed by atoms with Gasteiger partial charge in [-0.15, -0.1) is 0 Å². The van der Waals surface area contributed by atoms with E-state index in [1.54, 1.807) is 12.3 Å². The standard InChI is InChI=1S/C12H17N3O4/c16-8-9-19-10-3-6-14(7-4-10)12-11(15(17)18)2-1-5-13-12/h1-2,5,10,16H,3-4,6-9H2. The predicted octanol–water partition coefficient (Wildman–Crippen LogP) is 0.967. The molecule has 1 fully saturated rings. The average Bonchev–Trinajstić information content (AvgIpc) is 2.45. The second kappa shape index (κ2) is 6.44. The minimum atomic E-state index is -0.406. The summed E-state index contributed by atoms with van der Waals surface area (Å²) in [6.45, 7) is 1.71. The van der Waals surface area contributed by atoms with Crippen LogP contribution in [0.3, 0.4) is 0 Å². The van der Waals surface area contributed by atoms with Gasteiger partial charge in [0, 0.05) is 25.4 Å². The SMILES string of the molecule is O=[N+]([O-])c1cccnc1N1CCC(OCCO)CC1. The van der Waals surface area contributed by atoms with Crippen LogP contribution in [-0.2, 0) is 4.74 Å². The quantitative estimate of drug-likeness (QED) is 0.631. The van der Waals surface area contributed by atoms with E-state index in [1.165, 1.54) is 6.07 Å². The maximum absolute atomic E-state index is 11.0.